The van der Waals surface area contributed by atoms with Crippen molar-refractivity contribution in [3.8, 4) is 0 Å². The molecule has 0 rings (SSSR count). The fourth-order valence-electron chi connectivity index (χ4n) is 0.521. The zero-order valence-electron chi connectivity index (χ0n) is 5.56. The molecule has 0 aromatic carbocycles. The van der Waals surface area contributed by atoms with Gasteiger partial charge in [0.05, 0.1) is 5.92 Å². The summed E-state index contributed by atoms with van der Waals surface area (Å²) in [6, 6.07) is 0. The lowest BCUT2D eigenvalue weighted by atomic mass is 10.1. The zero-order valence-corrected chi connectivity index (χ0v) is 7.83. The summed E-state index contributed by atoms with van der Waals surface area (Å²) in [4.78, 5) is 10.4. The van der Waals surface area contributed by atoms with Gasteiger partial charge in [-0.25, -0.2) is 0 Å². The Morgan fingerprint density at radius 1 is 1.64 bits per heavy atom. The number of rotatable bonds is 3. The predicted molar refractivity (Wildman–Crippen MR) is 46.2 cm³/mol. The highest BCUT2D eigenvalue weighted by atomic mass is 35.6. The third kappa shape index (κ3) is 5.36. The van der Waals surface area contributed by atoms with Gasteiger partial charge in [0.25, 0.3) is 0 Å². The monoisotopic (exact) mass is 216 g/mol. The molecular weight excluding hydrogens is 210 g/mol. The molecule has 0 saturated heterocycles. The zero-order chi connectivity index (χ0) is 9.07. The van der Waals surface area contributed by atoms with E-state index in [0.29, 0.717) is 0 Å². The standard InChI is InChI=1S/C6H7Cl3O2/c1-2-4(5(10)11)3-6(7,8)9/h2,4H,1,3H2,(H,10,11). The van der Waals surface area contributed by atoms with Gasteiger partial charge in [-0.1, -0.05) is 40.9 Å². The Bertz CT molecular complexity index is 162. The highest BCUT2D eigenvalue weighted by molar-refractivity contribution is 6.67. The molecule has 0 aliphatic carbocycles. The largest absolute Gasteiger partial charge is 0.481 e. The van der Waals surface area contributed by atoms with Crippen LogP contribution < -0.4 is 0 Å². The first-order valence-corrected chi connectivity index (χ1v) is 3.92. The van der Waals surface area contributed by atoms with E-state index in [2.05, 4.69) is 6.58 Å². The number of carboxylic acids is 1. The molecule has 0 aliphatic rings. The Kier molecular flexibility index (Phi) is 4.22. The van der Waals surface area contributed by atoms with Crippen LogP contribution in [0.5, 0.6) is 0 Å². The number of hydrogen-bond donors (Lipinski definition) is 1. The van der Waals surface area contributed by atoms with Crippen molar-refractivity contribution in [1.29, 1.82) is 0 Å². The molecule has 2 nitrogen and oxygen atoms in total. The van der Waals surface area contributed by atoms with E-state index in [1.807, 2.05) is 0 Å². The summed E-state index contributed by atoms with van der Waals surface area (Å²) in [5, 5.41) is 8.49. The van der Waals surface area contributed by atoms with Crippen LogP contribution in [0.3, 0.4) is 0 Å². The van der Waals surface area contributed by atoms with Crippen molar-refractivity contribution >= 4 is 40.8 Å². The molecule has 1 unspecified atom stereocenters. The highest BCUT2D eigenvalue weighted by Crippen LogP contribution is 2.33. The summed E-state index contributed by atoms with van der Waals surface area (Å²) in [7, 11) is 0. The molecule has 1 N–H and O–H groups in total. The Morgan fingerprint density at radius 2 is 2.09 bits per heavy atom. The van der Waals surface area contributed by atoms with Crippen molar-refractivity contribution in [2.45, 2.75) is 10.2 Å². The second-order valence-electron chi connectivity index (χ2n) is 2.00. The van der Waals surface area contributed by atoms with Gasteiger partial charge in [0.2, 0.25) is 0 Å². The first-order valence-electron chi connectivity index (χ1n) is 2.79. The van der Waals surface area contributed by atoms with Crippen molar-refractivity contribution in [3.63, 3.8) is 0 Å². The van der Waals surface area contributed by atoms with Gasteiger partial charge in [-0.3, -0.25) is 4.79 Å². The van der Waals surface area contributed by atoms with Gasteiger partial charge in [-0.2, -0.15) is 0 Å². The maximum atomic E-state index is 10.4. The van der Waals surface area contributed by atoms with Gasteiger partial charge < -0.3 is 5.11 Å². The lowest BCUT2D eigenvalue weighted by Gasteiger charge is -2.13. The van der Waals surface area contributed by atoms with Crippen molar-refractivity contribution in [2.75, 3.05) is 0 Å². The quantitative estimate of drug-likeness (QED) is 0.583. The Morgan fingerprint density at radius 3 is 2.18 bits per heavy atom. The Labute approximate surface area is 79.7 Å². The number of halogens is 3. The summed E-state index contributed by atoms with van der Waals surface area (Å²) in [6.45, 7) is 3.31. The second kappa shape index (κ2) is 4.19. The SMILES string of the molecule is C=CC(CC(Cl)(Cl)Cl)C(=O)O. The molecule has 5 heteroatoms. The van der Waals surface area contributed by atoms with Crippen LogP contribution >= 0.6 is 34.8 Å². The molecule has 0 saturated carbocycles. The van der Waals surface area contributed by atoms with E-state index in [-0.39, 0.29) is 6.42 Å². The summed E-state index contributed by atoms with van der Waals surface area (Å²) in [6.07, 6.45) is 1.18. The van der Waals surface area contributed by atoms with Crippen molar-refractivity contribution in [2.24, 2.45) is 5.92 Å². The Balaban J connectivity index is 4.10. The normalized spacial score (nSPS) is 14.1. The lowest BCUT2D eigenvalue weighted by molar-refractivity contribution is -0.140. The van der Waals surface area contributed by atoms with E-state index in [4.69, 9.17) is 39.9 Å². The average Bonchev–Trinajstić information content (AvgIpc) is 1.80. The van der Waals surface area contributed by atoms with Crippen molar-refractivity contribution in [3.05, 3.63) is 12.7 Å². The maximum Gasteiger partial charge on any atom is 0.310 e. The van der Waals surface area contributed by atoms with E-state index in [1.54, 1.807) is 0 Å². The number of aliphatic carboxylic acids is 1. The average molecular weight is 217 g/mol. The molecule has 0 aromatic heterocycles. The van der Waals surface area contributed by atoms with E-state index in [1.165, 1.54) is 6.08 Å². The first kappa shape index (κ1) is 11.1. The van der Waals surface area contributed by atoms with Crippen LogP contribution in [0, 0.1) is 5.92 Å². The van der Waals surface area contributed by atoms with Crippen LogP contribution in [0.1, 0.15) is 6.42 Å². The summed E-state index contributed by atoms with van der Waals surface area (Å²) in [5.41, 5.74) is 0. The molecule has 11 heavy (non-hydrogen) atoms. The molecule has 0 spiro atoms. The van der Waals surface area contributed by atoms with Gasteiger partial charge in [-0.05, 0) is 0 Å². The summed E-state index contributed by atoms with van der Waals surface area (Å²) >= 11 is 16.1. The van der Waals surface area contributed by atoms with E-state index in [9.17, 15) is 4.79 Å². The van der Waals surface area contributed by atoms with Gasteiger partial charge in [0.1, 0.15) is 0 Å². The topological polar surface area (TPSA) is 37.3 Å². The highest BCUT2D eigenvalue weighted by Gasteiger charge is 2.27. The van der Waals surface area contributed by atoms with Crippen LogP contribution in [0.2, 0.25) is 0 Å². The molecule has 0 radical (unpaired) electrons. The van der Waals surface area contributed by atoms with Gasteiger partial charge in [0.15, 0.2) is 3.79 Å². The van der Waals surface area contributed by atoms with Crippen LogP contribution in [0.4, 0.5) is 0 Å². The van der Waals surface area contributed by atoms with Crippen LogP contribution in [0.15, 0.2) is 12.7 Å². The minimum absolute atomic E-state index is 0.0590. The molecule has 0 aromatic rings. The van der Waals surface area contributed by atoms with E-state index >= 15 is 0 Å². The molecular formula is C6H7Cl3O2. The second-order valence-corrected chi connectivity index (χ2v) is 4.52. The smallest absolute Gasteiger partial charge is 0.310 e. The predicted octanol–water partition coefficient (Wildman–Crippen LogP) is 2.63. The number of alkyl halides is 3. The fraction of sp³-hybridized carbons (Fsp3) is 0.500. The molecule has 64 valence electrons. The van der Waals surface area contributed by atoms with Crippen LogP contribution in [-0.4, -0.2) is 14.9 Å². The molecule has 0 amide bonds. The maximum absolute atomic E-state index is 10.4. The Hall–Kier alpha value is 0.0800. The molecule has 1 atom stereocenters. The minimum Gasteiger partial charge on any atom is -0.481 e. The summed E-state index contributed by atoms with van der Waals surface area (Å²) < 4.78 is -1.53. The van der Waals surface area contributed by atoms with E-state index < -0.39 is 15.7 Å². The van der Waals surface area contributed by atoms with Crippen LogP contribution in [0.25, 0.3) is 0 Å². The summed E-state index contributed by atoms with van der Waals surface area (Å²) in [5.74, 6) is -1.84. The van der Waals surface area contributed by atoms with Crippen LogP contribution in [-0.2, 0) is 4.79 Å². The molecule has 0 heterocycles. The first-order chi connectivity index (χ1) is 4.87. The third-order valence-corrected chi connectivity index (χ3v) is 1.52. The van der Waals surface area contributed by atoms with Gasteiger partial charge in [-0.15, -0.1) is 6.58 Å². The fourth-order valence-corrected chi connectivity index (χ4v) is 1.02. The molecule has 0 fully saturated rings. The van der Waals surface area contributed by atoms with Gasteiger partial charge >= 0.3 is 5.97 Å². The minimum atomic E-state index is -1.53. The number of hydrogen-bond acceptors (Lipinski definition) is 1. The third-order valence-electron chi connectivity index (χ3n) is 1.05. The van der Waals surface area contributed by atoms with Gasteiger partial charge in [0, 0.05) is 6.42 Å². The van der Waals surface area contributed by atoms with E-state index in [0.717, 1.165) is 0 Å². The lowest BCUT2D eigenvalue weighted by Crippen LogP contribution is -2.17. The molecule has 0 aliphatic heterocycles. The molecule has 0 bridgehead atoms. The van der Waals surface area contributed by atoms with Crippen molar-refractivity contribution < 1.29 is 9.90 Å². The number of carboxylic acid groups (broad SMARTS) is 1. The van der Waals surface area contributed by atoms with Crippen molar-refractivity contribution in [1.82, 2.24) is 0 Å². The number of carbonyl (C=O) groups is 1.